The van der Waals surface area contributed by atoms with Gasteiger partial charge < -0.3 is 10.6 Å². The Balaban J connectivity index is 2.93. The lowest BCUT2D eigenvalue weighted by Gasteiger charge is -2.41. The minimum absolute atomic E-state index is 0.237. The van der Waals surface area contributed by atoms with Crippen molar-refractivity contribution in [2.24, 2.45) is 5.73 Å². The normalized spacial score (nSPS) is 16.7. The Morgan fingerprint density at radius 2 is 1.94 bits per heavy atom. The average molecular weight is 256 g/mol. The summed E-state index contributed by atoms with van der Waals surface area (Å²) in [4.78, 5) is 2.04. The van der Waals surface area contributed by atoms with Crippen LogP contribution in [0.15, 0.2) is 18.2 Å². The molecule has 2 N–H and O–H groups in total. The van der Waals surface area contributed by atoms with Gasteiger partial charge in [0.05, 0.1) is 0 Å². The molecular formula is C14H22F2N2. The summed E-state index contributed by atoms with van der Waals surface area (Å²) in [5, 5.41) is 0. The molecule has 2 unspecified atom stereocenters. The molecule has 0 saturated heterocycles. The second-order valence-corrected chi connectivity index (χ2v) is 5.13. The summed E-state index contributed by atoms with van der Waals surface area (Å²) in [6.45, 7) is 4.08. The Labute approximate surface area is 108 Å². The van der Waals surface area contributed by atoms with Crippen LogP contribution < -0.4 is 5.73 Å². The van der Waals surface area contributed by atoms with Gasteiger partial charge in [0.15, 0.2) is 11.6 Å². The Kier molecular flexibility index (Phi) is 4.82. The van der Waals surface area contributed by atoms with E-state index in [1.165, 1.54) is 6.07 Å². The van der Waals surface area contributed by atoms with E-state index >= 15 is 0 Å². The van der Waals surface area contributed by atoms with Gasteiger partial charge in [0.2, 0.25) is 0 Å². The molecule has 0 aromatic heterocycles. The number of rotatable bonds is 5. The van der Waals surface area contributed by atoms with Crippen LogP contribution in [-0.2, 0) is 6.42 Å². The first-order chi connectivity index (χ1) is 8.32. The van der Waals surface area contributed by atoms with Gasteiger partial charge in [0.25, 0.3) is 0 Å². The van der Waals surface area contributed by atoms with Crippen molar-refractivity contribution in [2.75, 3.05) is 14.1 Å². The number of nitrogens with zero attached hydrogens (tertiary/aromatic N) is 1. The van der Waals surface area contributed by atoms with Crippen molar-refractivity contribution < 1.29 is 8.78 Å². The van der Waals surface area contributed by atoms with Crippen molar-refractivity contribution >= 4 is 0 Å². The average Bonchev–Trinajstić information content (AvgIpc) is 2.33. The number of hydrogen-bond acceptors (Lipinski definition) is 2. The lowest BCUT2D eigenvalue weighted by atomic mass is 9.84. The number of hydrogen-bond donors (Lipinski definition) is 1. The third-order valence-corrected chi connectivity index (χ3v) is 4.01. The summed E-state index contributed by atoms with van der Waals surface area (Å²) in [6.07, 6.45) is 1.17. The quantitative estimate of drug-likeness (QED) is 0.877. The lowest BCUT2D eigenvalue weighted by Crippen LogP contribution is -2.55. The van der Waals surface area contributed by atoms with E-state index in [-0.39, 0.29) is 11.6 Å². The molecule has 4 heteroatoms. The van der Waals surface area contributed by atoms with Gasteiger partial charge in [-0.15, -0.1) is 0 Å². The highest BCUT2D eigenvalue weighted by Crippen LogP contribution is 2.23. The van der Waals surface area contributed by atoms with Crippen LogP contribution in [0.25, 0.3) is 0 Å². The highest BCUT2D eigenvalue weighted by Gasteiger charge is 2.32. The largest absolute Gasteiger partial charge is 0.326 e. The Hall–Kier alpha value is -1.00. The highest BCUT2D eigenvalue weighted by molar-refractivity contribution is 5.21. The van der Waals surface area contributed by atoms with Crippen molar-refractivity contribution in [1.82, 2.24) is 4.90 Å². The zero-order chi connectivity index (χ0) is 13.9. The van der Waals surface area contributed by atoms with Crippen molar-refractivity contribution in [3.05, 3.63) is 35.4 Å². The first kappa shape index (κ1) is 15.1. The van der Waals surface area contributed by atoms with Gasteiger partial charge in [-0.1, -0.05) is 19.1 Å². The van der Waals surface area contributed by atoms with E-state index in [1.807, 2.05) is 32.8 Å². The van der Waals surface area contributed by atoms with E-state index < -0.39 is 11.6 Å². The summed E-state index contributed by atoms with van der Waals surface area (Å²) in [5.74, 6) is -1.60. The van der Waals surface area contributed by atoms with Crippen molar-refractivity contribution in [2.45, 2.75) is 38.3 Å². The van der Waals surface area contributed by atoms with E-state index in [0.717, 1.165) is 12.5 Å². The molecular weight excluding hydrogens is 234 g/mol. The molecule has 1 aromatic rings. The van der Waals surface area contributed by atoms with Gasteiger partial charge in [-0.2, -0.15) is 0 Å². The molecule has 0 saturated carbocycles. The van der Waals surface area contributed by atoms with Gasteiger partial charge in [-0.05, 0) is 45.5 Å². The van der Waals surface area contributed by atoms with Crippen LogP contribution in [-0.4, -0.2) is 30.6 Å². The standard InChI is InChI=1S/C14H22F2N2/c1-5-14(2,18(3)4)12(17)9-10-7-6-8-11(15)13(10)16/h6-8,12H,5,9,17H2,1-4H3. The molecule has 0 heterocycles. The van der Waals surface area contributed by atoms with Crippen LogP contribution in [0, 0.1) is 11.6 Å². The Bertz CT molecular complexity index is 407. The van der Waals surface area contributed by atoms with Crippen LogP contribution >= 0.6 is 0 Å². The minimum Gasteiger partial charge on any atom is -0.326 e. The molecule has 0 bridgehead atoms. The fourth-order valence-corrected chi connectivity index (χ4v) is 2.07. The number of halogens is 2. The van der Waals surface area contributed by atoms with E-state index in [2.05, 4.69) is 0 Å². The van der Waals surface area contributed by atoms with Gasteiger partial charge >= 0.3 is 0 Å². The molecule has 0 aliphatic heterocycles. The Morgan fingerprint density at radius 3 is 2.44 bits per heavy atom. The summed E-state index contributed by atoms with van der Waals surface area (Å²) in [6, 6.07) is 3.97. The first-order valence-electron chi connectivity index (χ1n) is 6.18. The SMILES string of the molecule is CCC(C)(C(N)Cc1cccc(F)c1F)N(C)C. The maximum atomic E-state index is 13.6. The molecule has 1 aromatic carbocycles. The maximum absolute atomic E-state index is 13.6. The van der Waals surface area contributed by atoms with E-state index in [1.54, 1.807) is 6.07 Å². The summed E-state index contributed by atoms with van der Waals surface area (Å²) < 4.78 is 26.8. The number of nitrogens with two attached hydrogens (primary N) is 1. The zero-order valence-corrected chi connectivity index (χ0v) is 11.5. The third-order valence-electron chi connectivity index (χ3n) is 4.01. The number of likely N-dealkylation sites (N-methyl/N-ethyl adjacent to an activating group) is 1. The summed E-state index contributed by atoms with van der Waals surface area (Å²) in [7, 11) is 3.90. The van der Waals surface area contributed by atoms with E-state index in [4.69, 9.17) is 5.73 Å². The molecule has 2 nitrogen and oxygen atoms in total. The van der Waals surface area contributed by atoms with E-state index in [9.17, 15) is 8.78 Å². The molecule has 0 aliphatic rings. The predicted octanol–water partition coefficient (Wildman–Crippen LogP) is 2.56. The molecule has 0 amide bonds. The van der Waals surface area contributed by atoms with Crippen LogP contribution in [0.2, 0.25) is 0 Å². The summed E-state index contributed by atoms with van der Waals surface area (Å²) >= 11 is 0. The van der Waals surface area contributed by atoms with Gasteiger partial charge in [0, 0.05) is 11.6 Å². The molecule has 2 atom stereocenters. The molecule has 0 fully saturated rings. The highest BCUT2D eigenvalue weighted by atomic mass is 19.2. The second-order valence-electron chi connectivity index (χ2n) is 5.13. The smallest absolute Gasteiger partial charge is 0.162 e. The molecule has 18 heavy (non-hydrogen) atoms. The van der Waals surface area contributed by atoms with Crippen LogP contribution in [0.4, 0.5) is 8.78 Å². The summed E-state index contributed by atoms with van der Waals surface area (Å²) in [5.41, 5.74) is 6.28. The van der Waals surface area contributed by atoms with Gasteiger partial charge in [-0.25, -0.2) is 8.78 Å². The van der Waals surface area contributed by atoms with Crippen LogP contribution in [0.5, 0.6) is 0 Å². The van der Waals surface area contributed by atoms with Gasteiger partial charge in [0.1, 0.15) is 0 Å². The zero-order valence-electron chi connectivity index (χ0n) is 11.5. The first-order valence-corrected chi connectivity index (χ1v) is 6.18. The minimum atomic E-state index is -0.817. The topological polar surface area (TPSA) is 29.3 Å². The maximum Gasteiger partial charge on any atom is 0.162 e. The number of benzene rings is 1. The molecule has 0 radical (unpaired) electrons. The Morgan fingerprint density at radius 1 is 1.33 bits per heavy atom. The van der Waals surface area contributed by atoms with Crippen LogP contribution in [0.1, 0.15) is 25.8 Å². The van der Waals surface area contributed by atoms with Crippen molar-refractivity contribution in [1.29, 1.82) is 0 Å². The lowest BCUT2D eigenvalue weighted by molar-refractivity contribution is 0.131. The predicted molar refractivity (Wildman–Crippen MR) is 70.4 cm³/mol. The fraction of sp³-hybridized carbons (Fsp3) is 0.571. The molecule has 102 valence electrons. The van der Waals surface area contributed by atoms with Crippen molar-refractivity contribution in [3.63, 3.8) is 0 Å². The second kappa shape index (κ2) is 5.76. The van der Waals surface area contributed by atoms with E-state index in [0.29, 0.717) is 12.0 Å². The van der Waals surface area contributed by atoms with Gasteiger partial charge in [-0.3, -0.25) is 0 Å². The fourth-order valence-electron chi connectivity index (χ4n) is 2.07. The molecule has 0 aliphatic carbocycles. The molecule has 0 spiro atoms. The van der Waals surface area contributed by atoms with Crippen LogP contribution in [0.3, 0.4) is 0 Å². The third kappa shape index (κ3) is 2.87. The monoisotopic (exact) mass is 256 g/mol. The molecule has 1 rings (SSSR count). The van der Waals surface area contributed by atoms with Crippen molar-refractivity contribution in [3.8, 4) is 0 Å².